The van der Waals surface area contributed by atoms with Crippen LogP contribution in [0.2, 0.25) is 0 Å². The maximum Gasteiger partial charge on any atom is 0.255 e. The number of nitrogens with one attached hydrogen (secondary N) is 2. The summed E-state index contributed by atoms with van der Waals surface area (Å²) in [5.74, 6) is -0.154. The van der Waals surface area contributed by atoms with Crippen molar-refractivity contribution >= 4 is 44.9 Å². The number of carbonyl (C=O) groups excluding carboxylic acids is 1. The van der Waals surface area contributed by atoms with Gasteiger partial charge in [-0.25, -0.2) is 9.97 Å². The van der Waals surface area contributed by atoms with E-state index in [0.29, 0.717) is 28.4 Å². The Balaban J connectivity index is 1.59. The van der Waals surface area contributed by atoms with Crippen LogP contribution in [-0.2, 0) is 6.54 Å². The summed E-state index contributed by atoms with van der Waals surface area (Å²) in [6, 6.07) is 19.0. The largest absolute Gasteiger partial charge is 0.322 e. The summed E-state index contributed by atoms with van der Waals surface area (Å²) in [6.45, 7) is 2.52. The summed E-state index contributed by atoms with van der Waals surface area (Å²) < 4.78 is 1.75. The topological polar surface area (TPSA) is 90.7 Å². The molecule has 4 rings (SSSR count). The van der Waals surface area contributed by atoms with E-state index >= 15 is 0 Å². The Bertz CT molecular complexity index is 1290. The molecule has 2 N–H and O–H groups in total. The van der Waals surface area contributed by atoms with Crippen molar-refractivity contribution in [1.82, 2.24) is 15.3 Å². The average molecular weight is 446 g/mol. The molecule has 0 saturated heterocycles. The molecule has 0 radical (unpaired) electrons. The summed E-state index contributed by atoms with van der Waals surface area (Å²) in [4.78, 5) is 21.6. The summed E-state index contributed by atoms with van der Waals surface area (Å²) in [6.07, 6.45) is 0. The van der Waals surface area contributed by atoms with Gasteiger partial charge in [0.2, 0.25) is 0 Å². The molecule has 0 saturated carbocycles. The Morgan fingerprint density at radius 1 is 1.16 bits per heavy atom. The van der Waals surface area contributed by atoms with Gasteiger partial charge in [-0.05, 0) is 67.7 Å². The minimum absolute atomic E-state index is 0.154. The zero-order valence-corrected chi connectivity index (χ0v) is 18.6. The molecule has 0 unspecified atom stereocenters. The second-order valence-electron chi connectivity index (χ2n) is 6.83. The van der Waals surface area contributed by atoms with Gasteiger partial charge >= 0.3 is 0 Å². The van der Waals surface area contributed by atoms with Crippen molar-refractivity contribution in [2.75, 3.05) is 12.4 Å². The van der Waals surface area contributed by atoms with Gasteiger partial charge in [0, 0.05) is 23.5 Å². The van der Waals surface area contributed by atoms with Crippen LogP contribution in [0.3, 0.4) is 0 Å². The van der Waals surface area contributed by atoms with Crippen molar-refractivity contribution in [3.05, 3.63) is 77.0 Å². The lowest BCUT2D eigenvalue weighted by Crippen LogP contribution is -2.11. The molecule has 0 spiro atoms. The van der Waals surface area contributed by atoms with Crippen LogP contribution >= 0.6 is 23.1 Å². The summed E-state index contributed by atoms with van der Waals surface area (Å²) in [5, 5.41) is 16.3. The van der Waals surface area contributed by atoms with Gasteiger partial charge in [-0.3, -0.25) is 4.79 Å². The van der Waals surface area contributed by atoms with Crippen molar-refractivity contribution in [2.45, 2.75) is 22.8 Å². The third kappa shape index (κ3) is 4.75. The Morgan fingerprint density at radius 2 is 1.97 bits per heavy atom. The van der Waals surface area contributed by atoms with Crippen LogP contribution in [-0.4, -0.2) is 22.9 Å². The molecule has 0 aliphatic heterocycles. The summed E-state index contributed by atoms with van der Waals surface area (Å²) in [7, 11) is 1.85. The van der Waals surface area contributed by atoms with E-state index in [9.17, 15) is 10.1 Å². The van der Waals surface area contributed by atoms with Crippen molar-refractivity contribution < 1.29 is 4.79 Å². The third-order valence-electron chi connectivity index (χ3n) is 4.52. The Kier molecular flexibility index (Phi) is 6.28. The van der Waals surface area contributed by atoms with Crippen LogP contribution in [0.1, 0.15) is 27.2 Å². The molecule has 4 aromatic rings. The summed E-state index contributed by atoms with van der Waals surface area (Å²) >= 11 is 2.90. The molecule has 0 fully saturated rings. The number of aromatic nitrogens is 2. The molecule has 6 nitrogen and oxygen atoms in total. The lowest BCUT2D eigenvalue weighted by atomic mass is 10.1. The molecule has 0 aliphatic carbocycles. The van der Waals surface area contributed by atoms with Crippen molar-refractivity contribution in [3.8, 4) is 6.07 Å². The number of thiazole rings is 1. The molecule has 154 valence electrons. The van der Waals surface area contributed by atoms with Crippen molar-refractivity contribution in [2.24, 2.45) is 0 Å². The number of aryl methyl sites for hydroxylation is 1. The molecular formula is C23H19N5OS2. The monoisotopic (exact) mass is 445 g/mol. The zero-order valence-electron chi connectivity index (χ0n) is 17.0. The minimum atomic E-state index is -0.154. The van der Waals surface area contributed by atoms with E-state index in [1.807, 2.05) is 56.4 Å². The van der Waals surface area contributed by atoms with Crippen LogP contribution < -0.4 is 10.6 Å². The number of rotatable bonds is 6. The van der Waals surface area contributed by atoms with E-state index in [4.69, 9.17) is 0 Å². The fourth-order valence-electron chi connectivity index (χ4n) is 3.13. The van der Waals surface area contributed by atoms with Crippen LogP contribution in [0.4, 0.5) is 5.69 Å². The van der Waals surface area contributed by atoms with Gasteiger partial charge in [0.25, 0.3) is 5.91 Å². The van der Waals surface area contributed by atoms with Crippen LogP contribution in [0.15, 0.2) is 64.0 Å². The van der Waals surface area contributed by atoms with Gasteiger partial charge in [0.15, 0.2) is 4.34 Å². The van der Waals surface area contributed by atoms with Crippen LogP contribution in [0.25, 0.3) is 10.2 Å². The predicted molar refractivity (Wildman–Crippen MR) is 125 cm³/mol. The Labute approximate surface area is 188 Å². The fourth-order valence-corrected chi connectivity index (χ4v) is 5.32. The number of hydrogen-bond donors (Lipinski definition) is 2. The third-order valence-corrected chi connectivity index (χ3v) is 6.59. The second kappa shape index (κ2) is 9.27. The van der Waals surface area contributed by atoms with Gasteiger partial charge in [0.1, 0.15) is 11.1 Å². The highest BCUT2D eigenvalue weighted by Gasteiger charge is 2.15. The van der Waals surface area contributed by atoms with E-state index in [0.717, 1.165) is 25.8 Å². The van der Waals surface area contributed by atoms with E-state index in [1.165, 1.54) is 23.1 Å². The molecule has 2 heterocycles. The summed E-state index contributed by atoms with van der Waals surface area (Å²) in [5.41, 5.74) is 4.51. The Hall–Kier alpha value is -3.25. The standard InChI is InChI=1S/C23H19N5OS2/c1-14-10-16(13-25-2)18(12-24)22(26-14)31-23-28-19-9-8-17(11-20(19)30-23)27-21(29)15-6-4-3-5-7-15/h3-11,25H,13H2,1-2H3,(H,27,29). The van der Waals surface area contributed by atoms with E-state index in [-0.39, 0.29) is 5.91 Å². The first-order valence-electron chi connectivity index (χ1n) is 9.57. The van der Waals surface area contributed by atoms with Gasteiger partial charge < -0.3 is 10.6 Å². The number of anilines is 1. The van der Waals surface area contributed by atoms with Crippen LogP contribution in [0, 0.1) is 18.3 Å². The maximum atomic E-state index is 12.4. The highest BCUT2D eigenvalue weighted by molar-refractivity contribution is 8.01. The predicted octanol–water partition coefficient (Wildman–Crippen LogP) is 4.99. The lowest BCUT2D eigenvalue weighted by molar-refractivity contribution is 0.102. The number of hydrogen-bond acceptors (Lipinski definition) is 7. The SMILES string of the molecule is CNCc1cc(C)nc(Sc2nc3ccc(NC(=O)c4ccccc4)cc3s2)c1C#N. The number of nitriles is 1. The quantitative estimate of drug-likeness (QED) is 0.434. The van der Waals surface area contributed by atoms with Gasteiger partial charge in [-0.1, -0.05) is 18.2 Å². The van der Waals surface area contributed by atoms with Crippen LogP contribution in [0.5, 0.6) is 0 Å². The molecule has 0 aliphatic rings. The molecule has 2 aromatic carbocycles. The first-order chi connectivity index (χ1) is 15.1. The number of amides is 1. The molecular weight excluding hydrogens is 426 g/mol. The lowest BCUT2D eigenvalue weighted by Gasteiger charge is -2.08. The molecule has 1 amide bonds. The van der Waals surface area contributed by atoms with E-state index in [1.54, 1.807) is 12.1 Å². The number of pyridine rings is 1. The molecule has 8 heteroatoms. The fraction of sp³-hybridized carbons (Fsp3) is 0.130. The smallest absolute Gasteiger partial charge is 0.255 e. The molecule has 2 aromatic heterocycles. The maximum absolute atomic E-state index is 12.4. The van der Waals surface area contributed by atoms with Crippen molar-refractivity contribution in [1.29, 1.82) is 5.26 Å². The first-order valence-corrected chi connectivity index (χ1v) is 11.2. The van der Waals surface area contributed by atoms with Gasteiger partial charge in [-0.2, -0.15) is 5.26 Å². The number of nitrogens with zero attached hydrogens (tertiary/aromatic N) is 3. The highest BCUT2D eigenvalue weighted by atomic mass is 32.2. The second-order valence-corrected chi connectivity index (χ2v) is 9.10. The first kappa shape index (κ1) is 21.0. The van der Waals surface area contributed by atoms with Crippen molar-refractivity contribution in [3.63, 3.8) is 0 Å². The molecule has 31 heavy (non-hydrogen) atoms. The molecule has 0 atom stereocenters. The number of carbonyl (C=O) groups is 1. The van der Waals surface area contributed by atoms with E-state index < -0.39 is 0 Å². The van der Waals surface area contributed by atoms with E-state index in [2.05, 4.69) is 26.7 Å². The van der Waals surface area contributed by atoms with Gasteiger partial charge in [-0.15, -0.1) is 11.3 Å². The average Bonchev–Trinajstić information content (AvgIpc) is 3.16. The normalized spacial score (nSPS) is 10.7. The number of fused-ring (bicyclic) bond motifs is 1. The molecule has 0 bridgehead atoms. The zero-order chi connectivity index (χ0) is 21.8. The number of benzene rings is 2. The highest BCUT2D eigenvalue weighted by Crippen LogP contribution is 2.36. The van der Waals surface area contributed by atoms with Gasteiger partial charge in [0.05, 0.1) is 15.8 Å². The minimum Gasteiger partial charge on any atom is -0.322 e. The Morgan fingerprint density at radius 3 is 2.71 bits per heavy atom.